The van der Waals surface area contributed by atoms with Gasteiger partial charge in [-0.3, -0.25) is 0 Å². The summed E-state index contributed by atoms with van der Waals surface area (Å²) in [4.78, 5) is 0. The van der Waals surface area contributed by atoms with Crippen LogP contribution in [0.2, 0.25) is 0 Å². The summed E-state index contributed by atoms with van der Waals surface area (Å²) in [5.74, 6) is 4.20. The second kappa shape index (κ2) is 2.94. The lowest BCUT2D eigenvalue weighted by Crippen LogP contribution is -1.58. The minimum atomic E-state index is 1.05. The van der Waals surface area contributed by atoms with Gasteiger partial charge in [0.05, 0.1) is 0 Å². The van der Waals surface area contributed by atoms with Gasteiger partial charge in [0, 0.05) is 0 Å². The van der Waals surface area contributed by atoms with Crippen LogP contribution in [0.3, 0.4) is 0 Å². The van der Waals surface area contributed by atoms with Crippen molar-refractivity contribution in [1.29, 1.82) is 0 Å². The van der Waals surface area contributed by atoms with Crippen molar-refractivity contribution in [3.8, 4) is 0 Å². The fraction of sp³-hybridized carbons (Fsp3) is 1.00. The molecule has 0 aromatic carbocycles. The quantitative estimate of drug-likeness (QED) is 0.484. The summed E-state index contributed by atoms with van der Waals surface area (Å²) in [6, 6.07) is 0. The van der Waals surface area contributed by atoms with Crippen molar-refractivity contribution in [1.82, 2.24) is 0 Å². The largest absolute Gasteiger partial charge is 0.0622 e. The third-order valence-electron chi connectivity index (χ3n) is 3.02. The van der Waals surface area contributed by atoms with Crippen LogP contribution >= 0.6 is 0 Å². The SMILES string of the molecule is CC1CC1C.CC1CC1C. The van der Waals surface area contributed by atoms with Gasteiger partial charge in [-0.25, -0.2) is 0 Å². The fourth-order valence-electron chi connectivity index (χ4n) is 1.02. The molecule has 0 spiro atoms. The van der Waals surface area contributed by atoms with Crippen LogP contribution < -0.4 is 0 Å². The van der Waals surface area contributed by atoms with Crippen molar-refractivity contribution < 1.29 is 0 Å². The number of rotatable bonds is 0. The summed E-state index contributed by atoms with van der Waals surface area (Å²) in [6.45, 7) is 9.19. The molecule has 0 amide bonds. The van der Waals surface area contributed by atoms with E-state index < -0.39 is 0 Å². The Kier molecular flexibility index (Phi) is 2.38. The zero-order valence-corrected chi connectivity index (χ0v) is 7.72. The Morgan fingerprint density at radius 1 is 0.600 bits per heavy atom. The molecule has 4 unspecified atom stereocenters. The Morgan fingerprint density at radius 2 is 0.700 bits per heavy atom. The molecule has 0 heteroatoms. The Hall–Kier alpha value is 0. The molecule has 0 aromatic rings. The topological polar surface area (TPSA) is 0 Å². The Labute approximate surface area is 65.0 Å². The van der Waals surface area contributed by atoms with Gasteiger partial charge in [-0.05, 0) is 36.5 Å². The van der Waals surface area contributed by atoms with E-state index in [4.69, 9.17) is 0 Å². The fourth-order valence-corrected chi connectivity index (χ4v) is 1.02. The van der Waals surface area contributed by atoms with Crippen LogP contribution in [0.25, 0.3) is 0 Å². The molecule has 2 saturated carbocycles. The summed E-state index contributed by atoms with van der Waals surface area (Å²) < 4.78 is 0. The smallest absolute Gasteiger partial charge is 0.0414 e. The molecule has 0 saturated heterocycles. The highest BCUT2D eigenvalue weighted by atomic mass is 14.3. The van der Waals surface area contributed by atoms with E-state index in [1.165, 1.54) is 12.8 Å². The van der Waals surface area contributed by atoms with Crippen LogP contribution in [-0.4, -0.2) is 0 Å². The summed E-state index contributed by atoms with van der Waals surface area (Å²) in [5.41, 5.74) is 0. The maximum absolute atomic E-state index is 2.30. The van der Waals surface area contributed by atoms with Gasteiger partial charge in [-0.2, -0.15) is 0 Å². The average Bonchev–Trinajstić information content (AvgIpc) is 2.62. The van der Waals surface area contributed by atoms with E-state index >= 15 is 0 Å². The molecule has 2 aliphatic carbocycles. The third kappa shape index (κ3) is 2.72. The highest BCUT2D eigenvalue weighted by Gasteiger charge is 2.26. The van der Waals surface area contributed by atoms with Gasteiger partial charge in [0.25, 0.3) is 0 Å². The molecule has 0 bridgehead atoms. The average molecular weight is 140 g/mol. The van der Waals surface area contributed by atoms with E-state index in [1.54, 1.807) is 0 Å². The molecule has 60 valence electrons. The van der Waals surface area contributed by atoms with Crippen molar-refractivity contribution in [3.63, 3.8) is 0 Å². The molecule has 2 aliphatic rings. The molecule has 0 aliphatic heterocycles. The minimum absolute atomic E-state index is 1.05. The van der Waals surface area contributed by atoms with Crippen molar-refractivity contribution in [2.75, 3.05) is 0 Å². The van der Waals surface area contributed by atoms with Gasteiger partial charge in [0.2, 0.25) is 0 Å². The van der Waals surface area contributed by atoms with Crippen LogP contribution in [0.5, 0.6) is 0 Å². The molecule has 0 nitrogen and oxygen atoms in total. The van der Waals surface area contributed by atoms with E-state index in [0.717, 1.165) is 23.7 Å². The van der Waals surface area contributed by atoms with E-state index in [9.17, 15) is 0 Å². The van der Waals surface area contributed by atoms with Crippen molar-refractivity contribution in [2.24, 2.45) is 23.7 Å². The first-order valence-electron chi connectivity index (χ1n) is 4.61. The molecular weight excluding hydrogens is 120 g/mol. The maximum Gasteiger partial charge on any atom is -0.0414 e. The second-order valence-corrected chi connectivity index (χ2v) is 4.38. The van der Waals surface area contributed by atoms with E-state index in [2.05, 4.69) is 27.7 Å². The third-order valence-corrected chi connectivity index (χ3v) is 3.02. The highest BCUT2D eigenvalue weighted by molar-refractivity contribution is 4.77. The molecular formula is C10H20. The molecule has 2 fully saturated rings. The zero-order chi connectivity index (χ0) is 7.72. The van der Waals surface area contributed by atoms with Crippen LogP contribution in [0.15, 0.2) is 0 Å². The second-order valence-electron chi connectivity index (χ2n) is 4.38. The zero-order valence-electron chi connectivity index (χ0n) is 7.72. The monoisotopic (exact) mass is 140 g/mol. The molecule has 4 atom stereocenters. The van der Waals surface area contributed by atoms with E-state index in [1.807, 2.05) is 0 Å². The molecule has 10 heavy (non-hydrogen) atoms. The first-order chi connectivity index (χ1) is 4.61. The molecule has 0 aromatic heterocycles. The van der Waals surface area contributed by atoms with Crippen molar-refractivity contribution >= 4 is 0 Å². The molecule has 2 rings (SSSR count). The van der Waals surface area contributed by atoms with Crippen LogP contribution in [0.4, 0.5) is 0 Å². The predicted octanol–water partition coefficient (Wildman–Crippen LogP) is 3.32. The first kappa shape index (κ1) is 8.10. The lowest BCUT2D eigenvalue weighted by molar-refractivity contribution is 0.834. The van der Waals surface area contributed by atoms with Crippen LogP contribution in [0.1, 0.15) is 40.5 Å². The summed E-state index contributed by atoms with van der Waals surface area (Å²) in [7, 11) is 0. The summed E-state index contributed by atoms with van der Waals surface area (Å²) in [5, 5.41) is 0. The van der Waals surface area contributed by atoms with E-state index in [-0.39, 0.29) is 0 Å². The van der Waals surface area contributed by atoms with Crippen molar-refractivity contribution in [2.45, 2.75) is 40.5 Å². The number of hydrogen-bond donors (Lipinski definition) is 0. The van der Waals surface area contributed by atoms with Gasteiger partial charge in [-0.15, -0.1) is 0 Å². The standard InChI is InChI=1S/2C5H10/c2*1-4-3-5(4)2/h2*4-5H,3H2,1-2H3. The van der Waals surface area contributed by atoms with E-state index in [0.29, 0.717) is 0 Å². The Morgan fingerprint density at radius 3 is 0.700 bits per heavy atom. The maximum atomic E-state index is 2.30. The molecule has 0 radical (unpaired) electrons. The van der Waals surface area contributed by atoms with Gasteiger partial charge >= 0.3 is 0 Å². The molecule has 0 N–H and O–H groups in total. The van der Waals surface area contributed by atoms with Gasteiger partial charge in [0.1, 0.15) is 0 Å². The highest BCUT2D eigenvalue weighted by Crippen LogP contribution is 2.36. The van der Waals surface area contributed by atoms with Crippen LogP contribution in [-0.2, 0) is 0 Å². The Balaban J connectivity index is 0.0000001000. The summed E-state index contributed by atoms with van der Waals surface area (Å²) in [6.07, 6.45) is 2.94. The minimum Gasteiger partial charge on any atom is -0.0622 e. The van der Waals surface area contributed by atoms with Gasteiger partial charge in [-0.1, -0.05) is 27.7 Å². The Bertz CT molecular complexity index is 80.6. The van der Waals surface area contributed by atoms with Gasteiger partial charge < -0.3 is 0 Å². The first-order valence-corrected chi connectivity index (χ1v) is 4.61. The number of hydrogen-bond acceptors (Lipinski definition) is 0. The lowest BCUT2D eigenvalue weighted by atomic mass is 10.4. The predicted molar refractivity (Wildman–Crippen MR) is 45.9 cm³/mol. The lowest BCUT2D eigenvalue weighted by Gasteiger charge is -1.66. The summed E-state index contributed by atoms with van der Waals surface area (Å²) >= 11 is 0. The van der Waals surface area contributed by atoms with Crippen LogP contribution in [0, 0.1) is 23.7 Å². The normalized spacial score (nSPS) is 49.2. The van der Waals surface area contributed by atoms with Gasteiger partial charge in [0.15, 0.2) is 0 Å². The van der Waals surface area contributed by atoms with Crippen molar-refractivity contribution in [3.05, 3.63) is 0 Å². The molecule has 0 heterocycles.